The van der Waals surface area contributed by atoms with Gasteiger partial charge in [-0.15, -0.1) is 0 Å². The molecule has 0 fully saturated rings. The zero-order valence-electron chi connectivity index (χ0n) is 32.5. The highest BCUT2D eigenvalue weighted by Crippen LogP contribution is 2.63. The first-order valence-corrected chi connectivity index (χ1v) is 20.6. The summed E-state index contributed by atoms with van der Waals surface area (Å²) in [4.78, 5) is 2.39. The summed E-state index contributed by atoms with van der Waals surface area (Å²) < 4.78 is 7.12. The van der Waals surface area contributed by atoms with Crippen molar-refractivity contribution in [3.8, 4) is 33.4 Å². The molecule has 13 rings (SSSR count). The zero-order valence-corrected chi connectivity index (χ0v) is 32.5. The van der Waals surface area contributed by atoms with E-state index in [-0.39, 0.29) is 5.41 Å². The second-order valence-electron chi connectivity index (χ2n) is 16.5. The van der Waals surface area contributed by atoms with Gasteiger partial charge in [0.2, 0.25) is 0 Å². The van der Waals surface area contributed by atoms with Crippen molar-refractivity contribution in [2.24, 2.45) is 0 Å². The minimum atomic E-state index is -0.438. The molecule has 0 saturated carbocycles. The summed E-state index contributed by atoms with van der Waals surface area (Å²) in [7, 11) is 0. The van der Waals surface area contributed by atoms with Gasteiger partial charge in [-0.2, -0.15) is 0 Å². The van der Waals surface area contributed by atoms with Crippen LogP contribution in [0, 0.1) is 0 Å². The van der Waals surface area contributed by atoms with Crippen LogP contribution >= 0.6 is 0 Å². The van der Waals surface area contributed by atoms with Crippen LogP contribution in [0.15, 0.2) is 211 Å². The average Bonchev–Trinajstić information content (AvgIpc) is 4.00. The Morgan fingerprint density at radius 2 is 0.881 bits per heavy atom. The van der Waals surface area contributed by atoms with Gasteiger partial charge in [-0.25, -0.2) is 0 Å². The van der Waals surface area contributed by atoms with Gasteiger partial charge in [0.15, 0.2) is 5.58 Å². The summed E-state index contributed by atoms with van der Waals surface area (Å²) in [6.45, 7) is 2.37. The van der Waals surface area contributed by atoms with Gasteiger partial charge < -0.3 is 9.32 Å². The average molecular weight is 752 g/mol. The van der Waals surface area contributed by atoms with Crippen molar-refractivity contribution >= 4 is 39.0 Å². The Kier molecular flexibility index (Phi) is 6.54. The van der Waals surface area contributed by atoms with E-state index in [4.69, 9.17) is 4.42 Å². The molecule has 0 N–H and O–H groups in total. The maximum absolute atomic E-state index is 7.12. The lowest BCUT2D eigenvalue weighted by atomic mass is 9.70. The fourth-order valence-electron chi connectivity index (χ4n) is 11.3. The van der Waals surface area contributed by atoms with Crippen molar-refractivity contribution in [3.63, 3.8) is 0 Å². The lowest BCUT2D eigenvalue weighted by Gasteiger charge is -2.32. The highest BCUT2D eigenvalue weighted by atomic mass is 16.3. The van der Waals surface area contributed by atoms with Crippen LogP contribution in [-0.2, 0) is 10.8 Å². The first-order chi connectivity index (χ1) is 29.2. The SMILES string of the molecule is CC1(c2ccc3c(c2)oc2c(N(c4ccccc4)c4ccc5c(c4)C4(c6ccccc6-c6ccccc64)c4ccccc4-5)cccc23)c2ccccc2-c2ccccc21. The second kappa shape index (κ2) is 11.8. The number of hydrogen-bond donors (Lipinski definition) is 0. The van der Waals surface area contributed by atoms with E-state index in [0.29, 0.717) is 0 Å². The van der Waals surface area contributed by atoms with E-state index in [1.165, 1.54) is 72.3 Å². The monoisotopic (exact) mass is 751 g/mol. The molecule has 0 radical (unpaired) electrons. The molecule has 59 heavy (non-hydrogen) atoms. The minimum Gasteiger partial charge on any atom is -0.454 e. The molecule has 0 amide bonds. The van der Waals surface area contributed by atoms with Gasteiger partial charge in [0, 0.05) is 27.6 Å². The highest BCUT2D eigenvalue weighted by Gasteiger charge is 2.51. The van der Waals surface area contributed by atoms with Crippen molar-refractivity contribution in [2.45, 2.75) is 17.8 Å². The number of benzene rings is 9. The lowest BCUT2D eigenvalue weighted by Crippen LogP contribution is -2.26. The molecule has 3 aliphatic carbocycles. The van der Waals surface area contributed by atoms with Gasteiger partial charge in [-0.05, 0) is 116 Å². The Hall–Kier alpha value is -7.42. The summed E-state index contributed by atoms with van der Waals surface area (Å²) in [5, 5.41) is 2.22. The largest absolute Gasteiger partial charge is 0.454 e. The van der Waals surface area contributed by atoms with Crippen molar-refractivity contribution in [1.29, 1.82) is 0 Å². The van der Waals surface area contributed by atoms with Crippen molar-refractivity contribution in [3.05, 3.63) is 245 Å². The molecule has 10 aromatic rings. The molecule has 0 saturated heterocycles. The van der Waals surface area contributed by atoms with Crippen LogP contribution in [-0.4, -0.2) is 0 Å². The molecule has 3 aliphatic rings. The molecule has 2 heteroatoms. The third kappa shape index (κ3) is 4.15. The van der Waals surface area contributed by atoms with E-state index in [1.54, 1.807) is 0 Å². The molecule has 0 unspecified atom stereocenters. The first kappa shape index (κ1) is 32.6. The molecule has 2 nitrogen and oxygen atoms in total. The Balaban J connectivity index is 1.03. The van der Waals surface area contributed by atoms with Crippen LogP contribution in [0.5, 0.6) is 0 Å². The third-order valence-corrected chi connectivity index (χ3v) is 13.8. The minimum absolute atomic E-state index is 0.311. The summed E-state index contributed by atoms with van der Waals surface area (Å²) in [6.07, 6.45) is 0. The quantitative estimate of drug-likeness (QED) is 0.178. The van der Waals surface area contributed by atoms with Crippen molar-refractivity contribution in [2.75, 3.05) is 4.90 Å². The third-order valence-electron chi connectivity index (χ3n) is 13.8. The van der Waals surface area contributed by atoms with Crippen LogP contribution in [0.3, 0.4) is 0 Å². The van der Waals surface area contributed by atoms with Gasteiger partial charge in [-0.3, -0.25) is 0 Å². The van der Waals surface area contributed by atoms with Crippen LogP contribution < -0.4 is 4.90 Å². The molecule has 1 spiro atoms. The molecule has 0 bridgehead atoms. The van der Waals surface area contributed by atoms with Gasteiger partial charge >= 0.3 is 0 Å². The van der Waals surface area contributed by atoms with E-state index in [9.17, 15) is 0 Å². The van der Waals surface area contributed by atoms with Gasteiger partial charge in [0.1, 0.15) is 5.58 Å². The van der Waals surface area contributed by atoms with Crippen LogP contribution in [0.25, 0.3) is 55.3 Å². The Morgan fingerprint density at radius 1 is 0.373 bits per heavy atom. The molecule has 0 aliphatic heterocycles. The summed E-state index contributed by atoms with van der Waals surface area (Å²) in [5.74, 6) is 0. The van der Waals surface area contributed by atoms with Crippen LogP contribution in [0.4, 0.5) is 17.1 Å². The first-order valence-electron chi connectivity index (χ1n) is 20.6. The molecular formula is C57H37NO. The van der Waals surface area contributed by atoms with Crippen molar-refractivity contribution < 1.29 is 4.42 Å². The van der Waals surface area contributed by atoms with E-state index in [1.807, 2.05) is 0 Å². The van der Waals surface area contributed by atoms with Crippen LogP contribution in [0.1, 0.15) is 45.9 Å². The predicted molar refractivity (Wildman–Crippen MR) is 242 cm³/mol. The second-order valence-corrected chi connectivity index (χ2v) is 16.5. The fraction of sp³-hybridized carbons (Fsp3) is 0.0526. The zero-order chi connectivity index (χ0) is 38.9. The molecule has 1 heterocycles. The number of fused-ring (bicyclic) bond motifs is 16. The normalized spacial score (nSPS) is 14.5. The summed E-state index contributed by atoms with van der Waals surface area (Å²) in [6, 6.07) is 76.1. The number of para-hydroxylation sites is 2. The van der Waals surface area contributed by atoms with E-state index in [0.717, 1.165) is 39.0 Å². The lowest BCUT2D eigenvalue weighted by molar-refractivity contribution is 0.662. The molecule has 1 aromatic heterocycles. The topological polar surface area (TPSA) is 16.4 Å². The highest BCUT2D eigenvalue weighted by molar-refractivity contribution is 6.11. The number of rotatable bonds is 4. The summed E-state index contributed by atoms with van der Waals surface area (Å²) >= 11 is 0. The van der Waals surface area contributed by atoms with Gasteiger partial charge in [0.25, 0.3) is 0 Å². The Bertz CT molecular complexity index is 3260. The van der Waals surface area contributed by atoms with Gasteiger partial charge in [0.05, 0.1) is 11.1 Å². The predicted octanol–water partition coefficient (Wildman–Crippen LogP) is 14.7. The summed E-state index contributed by atoms with van der Waals surface area (Å²) in [5.41, 5.74) is 21.2. The molecule has 9 aromatic carbocycles. The number of nitrogens with zero attached hydrogens (tertiary/aromatic N) is 1. The van der Waals surface area contributed by atoms with Crippen LogP contribution in [0.2, 0.25) is 0 Å². The number of hydrogen-bond acceptors (Lipinski definition) is 2. The maximum Gasteiger partial charge on any atom is 0.159 e. The van der Waals surface area contributed by atoms with E-state index >= 15 is 0 Å². The Morgan fingerprint density at radius 3 is 1.47 bits per heavy atom. The Labute approximate surface area is 343 Å². The van der Waals surface area contributed by atoms with Crippen molar-refractivity contribution in [1.82, 2.24) is 0 Å². The van der Waals surface area contributed by atoms with E-state index < -0.39 is 5.41 Å². The van der Waals surface area contributed by atoms with E-state index in [2.05, 4.69) is 218 Å². The number of anilines is 3. The fourth-order valence-corrected chi connectivity index (χ4v) is 11.3. The molecule has 0 atom stereocenters. The smallest absolute Gasteiger partial charge is 0.159 e. The maximum atomic E-state index is 7.12. The number of furan rings is 1. The standard InChI is InChI=1S/C57H37NO/c1-56(47-24-10-5-18-39(47)40-19-6-11-25-48(40)56)36-30-32-45-46-23-15-29-53(55(46)59-54(45)34-36)58(37-16-3-2-4-17-37)38-31-33-44-43-22-9-14-28-51(43)57(52(44)35-38)49-26-12-7-20-41(49)42-21-8-13-27-50(42)57/h2-35H,1H3. The molecular weight excluding hydrogens is 715 g/mol. The van der Waals surface area contributed by atoms with Gasteiger partial charge in [-0.1, -0.05) is 170 Å². The molecule has 276 valence electrons.